The van der Waals surface area contributed by atoms with E-state index < -0.39 is 17.2 Å². The average Bonchev–Trinajstić information content (AvgIpc) is 2.98. The lowest BCUT2D eigenvalue weighted by Crippen LogP contribution is -2.47. The maximum absolute atomic E-state index is 12.8. The van der Waals surface area contributed by atoms with E-state index in [1.165, 1.54) is 10.8 Å². The summed E-state index contributed by atoms with van der Waals surface area (Å²) in [7, 11) is 0. The van der Waals surface area contributed by atoms with Crippen molar-refractivity contribution in [3.05, 3.63) is 89.4 Å². The quantitative estimate of drug-likeness (QED) is 0.227. The summed E-state index contributed by atoms with van der Waals surface area (Å²) in [6.07, 6.45) is 2.55. The van der Waals surface area contributed by atoms with Crippen LogP contribution in [-0.4, -0.2) is 75.7 Å². The molecular weight excluding hydrogens is 524 g/mol. The minimum Gasteiger partial charge on any atom is -0.395 e. The van der Waals surface area contributed by atoms with Gasteiger partial charge in [-0.15, -0.1) is 0 Å². The van der Waals surface area contributed by atoms with Crippen LogP contribution in [0.3, 0.4) is 0 Å². The molecule has 3 heterocycles. The second-order valence-corrected chi connectivity index (χ2v) is 9.49. The molecule has 12 nitrogen and oxygen atoms in total. The Balaban J connectivity index is 1.46. The second kappa shape index (κ2) is 12.0. The number of nitrogens with one attached hydrogen (secondary N) is 2. The Morgan fingerprint density at radius 2 is 1.78 bits per heavy atom. The fourth-order valence-electron chi connectivity index (χ4n) is 4.77. The lowest BCUT2D eigenvalue weighted by Gasteiger charge is -2.35. The van der Waals surface area contributed by atoms with Gasteiger partial charge in [-0.3, -0.25) is 23.9 Å². The summed E-state index contributed by atoms with van der Waals surface area (Å²) in [5.74, 6) is -0.995. The molecule has 0 bridgehead atoms. The zero-order valence-electron chi connectivity index (χ0n) is 22.3. The second-order valence-electron chi connectivity index (χ2n) is 9.49. The van der Waals surface area contributed by atoms with E-state index in [0.717, 1.165) is 49.7 Å². The number of carbonyl (C=O) groups is 2. The summed E-state index contributed by atoms with van der Waals surface area (Å²) >= 11 is 0. The van der Waals surface area contributed by atoms with Gasteiger partial charge >= 0.3 is 0 Å². The maximum atomic E-state index is 12.8. The van der Waals surface area contributed by atoms with Gasteiger partial charge in [0, 0.05) is 67.7 Å². The number of β-amino-alcohol motifs (C(OH)–C–C–N with tert-alkyl or cyclic N) is 1. The van der Waals surface area contributed by atoms with Crippen molar-refractivity contribution in [3.8, 4) is 5.69 Å². The zero-order chi connectivity index (χ0) is 28.9. The SMILES string of the molecule is C=CC(=O)Nc1cccc(-n2c(C(N)=O)cc(=O)c3cnc(Nc4ccc(N5CCN(CCO)CC5)cc4)nc32)c1. The molecule has 0 saturated carbocycles. The third kappa shape index (κ3) is 6.08. The number of carbonyl (C=O) groups excluding carboxylic acids is 2. The smallest absolute Gasteiger partial charge is 0.265 e. The van der Waals surface area contributed by atoms with Crippen molar-refractivity contribution in [1.82, 2.24) is 19.4 Å². The van der Waals surface area contributed by atoms with Gasteiger partial charge in [0.1, 0.15) is 5.69 Å². The van der Waals surface area contributed by atoms with Gasteiger partial charge in [-0.1, -0.05) is 12.6 Å². The van der Waals surface area contributed by atoms with Crippen LogP contribution in [0.25, 0.3) is 16.7 Å². The van der Waals surface area contributed by atoms with Crippen LogP contribution >= 0.6 is 0 Å². The van der Waals surface area contributed by atoms with Gasteiger partial charge in [0.05, 0.1) is 12.0 Å². The lowest BCUT2D eigenvalue weighted by molar-refractivity contribution is -0.111. The Hall–Kier alpha value is -5.07. The van der Waals surface area contributed by atoms with Gasteiger partial charge in [0.15, 0.2) is 11.1 Å². The number of benzene rings is 2. The first-order valence-electron chi connectivity index (χ1n) is 13.1. The largest absolute Gasteiger partial charge is 0.395 e. The molecule has 5 rings (SSSR count). The van der Waals surface area contributed by atoms with Crippen LogP contribution < -0.4 is 26.7 Å². The number of piperazine rings is 1. The summed E-state index contributed by atoms with van der Waals surface area (Å²) in [6, 6.07) is 15.7. The van der Waals surface area contributed by atoms with E-state index in [0.29, 0.717) is 17.9 Å². The van der Waals surface area contributed by atoms with Crippen LogP contribution in [-0.2, 0) is 4.79 Å². The number of nitrogens with zero attached hydrogens (tertiary/aromatic N) is 5. The monoisotopic (exact) mass is 554 g/mol. The Morgan fingerprint density at radius 1 is 1.02 bits per heavy atom. The minimum atomic E-state index is -0.814. The number of aromatic nitrogens is 3. The van der Waals surface area contributed by atoms with Gasteiger partial charge in [-0.2, -0.15) is 4.98 Å². The Labute approximate surface area is 235 Å². The van der Waals surface area contributed by atoms with E-state index in [1.54, 1.807) is 24.3 Å². The van der Waals surface area contributed by atoms with Crippen LogP contribution in [0.2, 0.25) is 0 Å². The van der Waals surface area contributed by atoms with Gasteiger partial charge in [0.2, 0.25) is 11.9 Å². The average molecular weight is 555 g/mol. The topological polar surface area (TPSA) is 159 Å². The number of fused-ring (bicyclic) bond motifs is 1. The van der Waals surface area contributed by atoms with Gasteiger partial charge in [0.25, 0.3) is 5.91 Å². The first-order valence-corrected chi connectivity index (χ1v) is 13.1. The molecule has 4 aromatic rings. The number of anilines is 4. The number of pyridine rings is 1. The van der Waals surface area contributed by atoms with Crippen molar-refractivity contribution in [3.63, 3.8) is 0 Å². The van der Waals surface area contributed by atoms with E-state index in [-0.39, 0.29) is 29.3 Å². The molecule has 41 heavy (non-hydrogen) atoms. The van der Waals surface area contributed by atoms with Crippen molar-refractivity contribution in [2.45, 2.75) is 0 Å². The number of rotatable bonds is 9. The fraction of sp³-hybridized carbons (Fsp3) is 0.207. The molecule has 2 amide bonds. The minimum absolute atomic E-state index is 0.0669. The van der Waals surface area contributed by atoms with Crippen molar-refractivity contribution in [2.75, 3.05) is 54.9 Å². The van der Waals surface area contributed by atoms with E-state index in [1.807, 2.05) is 24.3 Å². The first kappa shape index (κ1) is 27.5. The van der Waals surface area contributed by atoms with Gasteiger partial charge < -0.3 is 26.4 Å². The lowest BCUT2D eigenvalue weighted by atomic mass is 10.2. The van der Waals surface area contributed by atoms with Crippen LogP contribution in [0, 0.1) is 0 Å². The third-order valence-corrected chi connectivity index (χ3v) is 6.84. The Bertz CT molecular complexity index is 1660. The molecule has 1 saturated heterocycles. The number of hydrogen-bond acceptors (Lipinski definition) is 9. The summed E-state index contributed by atoms with van der Waals surface area (Å²) in [6.45, 7) is 7.84. The van der Waals surface area contributed by atoms with E-state index >= 15 is 0 Å². The van der Waals surface area contributed by atoms with E-state index in [9.17, 15) is 14.4 Å². The molecule has 210 valence electrons. The number of aliphatic hydroxyl groups excluding tert-OH is 1. The molecule has 2 aromatic heterocycles. The summed E-state index contributed by atoms with van der Waals surface area (Å²) in [4.78, 5) is 50.5. The van der Waals surface area contributed by atoms with E-state index in [2.05, 4.69) is 37.0 Å². The predicted octanol–water partition coefficient (Wildman–Crippen LogP) is 1.86. The summed E-state index contributed by atoms with van der Waals surface area (Å²) in [5, 5.41) is 15.2. The molecule has 12 heteroatoms. The van der Waals surface area contributed by atoms with Gasteiger partial charge in [-0.05, 0) is 48.5 Å². The highest BCUT2D eigenvalue weighted by Crippen LogP contribution is 2.24. The van der Waals surface area contributed by atoms with E-state index in [4.69, 9.17) is 10.8 Å². The van der Waals surface area contributed by atoms with Crippen LogP contribution in [0.5, 0.6) is 0 Å². The molecule has 1 aliphatic heterocycles. The molecule has 0 aliphatic carbocycles. The zero-order valence-corrected chi connectivity index (χ0v) is 22.3. The predicted molar refractivity (Wildman–Crippen MR) is 158 cm³/mol. The first-order chi connectivity index (χ1) is 19.9. The molecule has 0 spiro atoms. The van der Waals surface area contributed by atoms with Gasteiger partial charge in [-0.25, -0.2) is 4.98 Å². The normalized spacial score (nSPS) is 13.6. The van der Waals surface area contributed by atoms with Crippen LogP contribution in [0.4, 0.5) is 23.0 Å². The third-order valence-electron chi connectivity index (χ3n) is 6.84. The van der Waals surface area contributed by atoms with Crippen molar-refractivity contribution >= 4 is 45.9 Å². The Morgan fingerprint density at radius 3 is 2.46 bits per heavy atom. The molecule has 0 unspecified atom stereocenters. The molecule has 2 aromatic carbocycles. The number of aliphatic hydroxyl groups is 1. The van der Waals surface area contributed by atoms with Crippen LogP contribution in [0.15, 0.2) is 78.2 Å². The van der Waals surface area contributed by atoms with Crippen LogP contribution in [0.1, 0.15) is 10.5 Å². The highest BCUT2D eigenvalue weighted by Gasteiger charge is 2.19. The molecule has 1 aliphatic rings. The molecular formula is C29H30N8O4. The summed E-state index contributed by atoms with van der Waals surface area (Å²) in [5.41, 5.74) is 8.05. The van der Waals surface area contributed by atoms with Crippen molar-refractivity contribution in [2.24, 2.45) is 5.73 Å². The fourth-order valence-corrected chi connectivity index (χ4v) is 4.77. The Kier molecular flexibility index (Phi) is 8.04. The highest BCUT2D eigenvalue weighted by atomic mass is 16.3. The molecule has 5 N–H and O–H groups in total. The molecule has 1 fully saturated rings. The standard InChI is InChI=1S/C29H30N8O4/c1-2-26(40)32-20-4-3-5-22(16-20)37-24(27(30)41)17-25(39)23-18-31-29(34-28(23)37)33-19-6-8-21(9-7-19)36-12-10-35(11-13-36)14-15-38/h2-9,16-18,38H,1,10-15H2,(H2,30,41)(H,32,40)(H,31,33,34). The number of nitrogens with two attached hydrogens (primary N) is 1. The van der Waals surface area contributed by atoms with Crippen molar-refractivity contribution < 1.29 is 14.7 Å². The molecule has 0 radical (unpaired) electrons. The van der Waals surface area contributed by atoms with Crippen molar-refractivity contribution in [1.29, 1.82) is 0 Å². The number of primary amides is 1. The molecule has 0 atom stereocenters. The maximum Gasteiger partial charge on any atom is 0.265 e. The number of hydrogen-bond donors (Lipinski definition) is 4. The summed E-state index contributed by atoms with van der Waals surface area (Å²) < 4.78 is 1.47. The highest BCUT2D eigenvalue weighted by molar-refractivity contribution is 5.99. The number of amides is 2.